The standard InChI is InChI=1S/C22H27F3N4O4/c1-2-3-4-7-17(14-29(33)15-30)21(32)27-26-19-9-10-28(20(31)12-19)13-16-6-5-8-18(11-16)22(23,24)25/h5-6,8-12,15,17,26,33H,2-4,7,13-14H2,1H3,(H,27,32)/t17-/m1/s1. The zero-order chi connectivity index (χ0) is 24.4. The van der Waals surface area contributed by atoms with E-state index in [1.54, 1.807) is 0 Å². The summed E-state index contributed by atoms with van der Waals surface area (Å²) in [5.41, 5.74) is 4.40. The van der Waals surface area contributed by atoms with E-state index >= 15 is 0 Å². The minimum Gasteiger partial charge on any atom is -0.311 e. The van der Waals surface area contributed by atoms with Crippen LogP contribution in [0, 0.1) is 5.92 Å². The Bertz CT molecular complexity index is 994. The van der Waals surface area contributed by atoms with Crippen LogP contribution in [0.1, 0.15) is 43.7 Å². The Labute approximate surface area is 188 Å². The van der Waals surface area contributed by atoms with Gasteiger partial charge < -0.3 is 4.57 Å². The lowest BCUT2D eigenvalue weighted by Crippen LogP contribution is -2.40. The number of nitrogens with one attached hydrogen (secondary N) is 2. The Morgan fingerprint density at radius 3 is 2.64 bits per heavy atom. The molecule has 1 atom stereocenters. The van der Waals surface area contributed by atoms with Gasteiger partial charge in [-0.05, 0) is 30.2 Å². The highest BCUT2D eigenvalue weighted by atomic mass is 19.4. The molecule has 0 aliphatic carbocycles. The summed E-state index contributed by atoms with van der Waals surface area (Å²) in [5.74, 6) is -1.11. The van der Waals surface area contributed by atoms with Crippen LogP contribution in [0.3, 0.4) is 0 Å². The molecule has 8 nitrogen and oxygen atoms in total. The van der Waals surface area contributed by atoms with E-state index in [0.29, 0.717) is 17.0 Å². The highest BCUT2D eigenvalue weighted by Gasteiger charge is 2.30. The first-order chi connectivity index (χ1) is 15.6. The van der Waals surface area contributed by atoms with E-state index in [9.17, 15) is 32.8 Å². The minimum atomic E-state index is -4.47. The van der Waals surface area contributed by atoms with Gasteiger partial charge in [-0.2, -0.15) is 13.2 Å². The fourth-order valence-corrected chi connectivity index (χ4v) is 3.21. The molecule has 0 aliphatic heterocycles. The maximum atomic E-state index is 12.9. The summed E-state index contributed by atoms with van der Waals surface area (Å²) in [6.45, 7) is 1.79. The number of hydrogen-bond acceptors (Lipinski definition) is 5. The number of hydrazine groups is 1. The number of hydrogen-bond donors (Lipinski definition) is 3. The summed E-state index contributed by atoms with van der Waals surface area (Å²) in [6, 6.07) is 7.42. The lowest BCUT2D eigenvalue weighted by molar-refractivity contribution is -0.154. The molecule has 0 radical (unpaired) electrons. The number of unbranched alkanes of at least 4 members (excludes halogenated alkanes) is 2. The fraction of sp³-hybridized carbons (Fsp3) is 0.409. The van der Waals surface area contributed by atoms with Gasteiger partial charge in [-0.15, -0.1) is 0 Å². The predicted octanol–water partition coefficient (Wildman–Crippen LogP) is 3.40. The average molecular weight is 468 g/mol. The number of alkyl halides is 3. The Morgan fingerprint density at radius 1 is 1.24 bits per heavy atom. The molecule has 0 bridgehead atoms. The highest BCUT2D eigenvalue weighted by Crippen LogP contribution is 2.29. The Hall–Kier alpha value is -3.34. The Morgan fingerprint density at radius 2 is 2.00 bits per heavy atom. The lowest BCUT2D eigenvalue weighted by atomic mass is 10.0. The normalized spacial score (nSPS) is 12.2. The first-order valence-electron chi connectivity index (χ1n) is 10.5. The molecule has 1 aromatic carbocycles. The molecule has 1 heterocycles. The van der Waals surface area contributed by atoms with Crippen LogP contribution in [-0.2, 0) is 22.3 Å². The van der Waals surface area contributed by atoms with Crippen molar-refractivity contribution in [2.45, 2.75) is 45.3 Å². The molecule has 0 unspecified atom stereocenters. The minimum absolute atomic E-state index is 0.0487. The van der Waals surface area contributed by atoms with E-state index < -0.39 is 29.1 Å². The van der Waals surface area contributed by atoms with Crippen molar-refractivity contribution in [3.05, 3.63) is 64.1 Å². The molecule has 0 saturated heterocycles. The van der Waals surface area contributed by atoms with Crippen molar-refractivity contribution in [2.75, 3.05) is 12.0 Å². The number of aromatic nitrogens is 1. The number of carbonyl (C=O) groups is 2. The summed E-state index contributed by atoms with van der Waals surface area (Å²) < 4.78 is 39.9. The second-order valence-electron chi connectivity index (χ2n) is 7.61. The van der Waals surface area contributed by atoms with Gasteiger partial charge in [0.15, 0.2) is 0 Å². The predicted molar refractivity (Wildman–Crippen MR) is 115 cm³/mol. The number of benzene rings is 1. The van der Waals surface area contributed by atoms with E-state index in [2.05, 4.69) is 10.9 Å². The van der Waals surface area contributed by atoms with Crippen molar-refractivity contribution in [3.8, 4) is 0 Å². The van der Waals surface area contributed by atoms with E-state index in [0.717, 1.165) is 31.4 Å². The van der Waals surface area contributed by atoms with Crippen LogP contribution >= 0.6 is 0 Å². The zero-order valence-corrected chi connectivity index (χ0v) is 18.1. The summed E-state index contributed by atoms with van der Waals surface area (Å²) in [6.07, 6.45) is 0.195. The van der Waals surface area contributed by atoms with Crippen LogP contribution in [0.2, 0.25) is 0 Å². The van der Waals surface area contributed by atoms with Crippen molar-refractivity contribution < 1.29 is 28.0 Å². The maximum Gasteiger partial charge on any atom is 0.416 e. The molecule has 2 aromatic rings. The van der Waals surface area contributed by atoms with Crippen LogP contribution in [0.25, 0.3) is 0 Å². The molecule has 11 heteroatoms. The molecule has 2 amide bonds. The quantitative estimate of drug-likeness (QED) is 0.192. The second kappa shape index (κ2) is 12.0. The van der Waals surface area contributed by atoms with Gasteiger partial charge in [-0.3, -0.25) is 30.4 Å². The number of halogens is 3. The third-order valence-corrected chi connectivity index (χ3v) is 4.99. The van der Waals surface area contributed by atoms with Crippen LogP contribution in [-0.4, -0.2) is 33.7 Å². The molecule has 3 N–H and O–H groups in total. The molecule has 0 aliphatic rings. The molecule has 1 aromatic heterocycles. The topological polar surface area (TPSA) is 104 Å². The fourth-order valence-electron chi connectivity index (χ4n) is 3.21. The Kier molecular flexibility index (Phi) is 9.46. The molecule has 180 valence electrons. The number of amides is 2. The number of pyridine rings is 1. The van der Waals surface area contributed by atoms with Crippen LogP contribution in [0.5, 0.6) is 0 Å². The van der Waals surface area contributed by atoms with Crippen molar-refractivity contribution >= 4 is 18.0 Å². The van der Waals surface area contributed by atoms with Gasteiger partial charge in [0.25, 0.3) is 5.56 Å². The Balaban J connectivity index is 2.02. The second-order valence-corrected chi connectivity index (χ2v) is 7.61. The van der Waals surface area contributed by atoms with Gasteiger partial charge >= 0.3 is 6.18 Å². The van der Waals surface area contributed by atoms with Gasteiger partial charge in [0, 0.05) is 12.3 Å². The average Bonchev–Trinajstić information content (AvgIpc) is 2.78. The summed E-state index contributed by atoms with van der Waals surface area (Å²) in [7, 11) is 0. The van der Waals surface area contributed by atoms with Crippen molar-refractivity contribution in [3.63, 3.8) is 0 Å². The van der Waals surface area contributed by atoms with Crippen molar-refractivity contribution in [1.82, 2.24) is 15.1 Å². The van der Waals surface area contributed by atoms with Gasteiger partial charge in [0.05, 0.1) is 30.3 Å². The highest BCUT2D eigenvalue weighted by molar-refractivity contribution is 5.80. The van der Waals surface area contributed by atoms with Gasteiger partial charge in [-0.25, -0.2) is 5.06 Å². The summed E-state index contributed by atoms with van der Waals surface area (Å²) in [5, 5.41) is 9.84. The van der Waals surface area contributed by atoms with Crippen molar-refractivity contribution in [2.24, 2.45) is 5.92 Å². The van der Waals surface area contributed by atoms with Crippen molar-refractivity contribution in [1.29, 1.82) is 0 Å². The van der Waals surface area contributed by atoms with Crippen LogP contribution < -0.4 is 16.4 Å². The van der Waals surface area contributed by atoms with E-state index in [1.807, 2.05) is 6.92 Å². The number of carbonyl (C=O) groups excluding carboxylic acids is 2. The first-order valence-corrected chi connectivity index (χ1v) is 10.5. The molecule has 0 spiro atoms. The van der Waals surface area contributed by atoms with Crippen LogP contribution in [0.4, 0.5) is 18.9 Å². The van der Waals surface area contributed by atoms with Crippen LogP contribution in [0.15, 0.2) is 47.4 Å². The zero-order valence-electron chi connectivity index (χ0n) is 18.1. The van der Waals surface area contributed by atoms with E-state index in [1.165, 1.54) is 35.0 Å². The molecule has 0 saturated carbocycles. The van der Waals surface area contributed by atoms with E-state index in [4.69, 9.17) is 0 Å². The SMILES string of the molecule is CCCCC[C@H](CN(O)C=O)C(=O)NNc1ccn(Cc2cccc(C(F)(F)F)c2)c(=O)c1. The first kappa shape index (κ1) is 25.9. The number of rotatable bonds is 12. The smallest absolute Gasteiger partial charge is 0.311 e. The number of nitrogens with zero attached hydrogens (tertiary/aromatic N) is 2. The third-order valence-electron chi connectivity index (χ3n) is 4.99. The number of anilines is 1. The van der Waals surface area contributed by atoms with Gasteiger partial charge in [-0.1, -0.05) is 38.3 Å². The molecular formula is C22H27F3N4O4. The lowest BCUT2D eigenvalue weighted by Gasteiger charge is -2.20. The third kappa shape index (κ3) is 8.26. The van der Waals surface area contributed by atoms with E-state index in [-0.39, 0.29) is 25.2 Å². The molecule has 0 fully saturated rings. The molecular weight excluding hydrogens is 441 g/mol. The largest absolute Gasteiger partial charge is 0.416 e. The summed E-state index contributed by atoms with van der Waals surface area (Å²) >= 11 is 0. The van der Waals surface area contributed by atoms with Gasteiger partial charge in [0.1, 0.15) is 0 Å². The monoisotopic (exact) mass is 468 g/mol. The maximum absolute atomic E-state index is 12.9. The summed E-state index contributed by atoms with van der Waals surface area (Å²) in [4.78, 5) is 35.5. The van der Waals surface area contributed by atoms with Gasteiger partial charge in [0.2, 0.25) is 12.3 Å². The molecule has 2 rings (SSSR count). The molecule has 33 heavy (non-hydrogen) atoms. The number of hydroxylamine groups is 2.